The van der Waals surface area contributed by atoms with Crippen molar-refractivity contribution in [3.63, 3.8) is 0 Å². The van der Waals surface area contributed by atoms with Crippen LogP contribution in [-0.4, -0.2) is 28.8 Å². The largest absolute Gasteiger partial charge is 0.497 e. The molecule has 0 fully saturated rings. The molecular formula is C22H18ClN3O3. The summed E-state index contributed by atoms with van der Waals surface area (Å²) in [5.41, 5.74) is 2.56. The van der Waals surface area contributed by atoms with Crippen molar-refractivity contribution in [2.24, 2.45) is 0 Å². The van der Waals surface area contributed by atoms with Gasteiger partial charge in [-0.25, -0.2) is 9.97 Å². The summed E-state index contributed by atoms with van der Waals surface area (Å²) in [5, 5.41) is 3.32. The summed E-state index contributed by atoms with van der Waals surface area (Å²) in [6.45, 7) is 0. The van der Waals surface area contributed by atoms with Gasteiger partial charge in [-0.15, -0.1) is 0 Å². The van der Waals surface area contributed by atoms with E-state index in [2.05, 4.69) is 15.3 Å². The van der Waals surface area contributed by atoms with Crippen molar-refractivity contribution in [3.8, 4) is 5.75 Å². The second kappa shape index (κ2) is 8.01. The standard InChI is InChI=1S/C22H18ClN3O3/c1-29-17-7-3-5-14(9-17)21(28)26-22-24-12-18-19(25-22)10-15(11-20(18)27)13-4-2-6-16(23)8-13/h2-9,12,15H,10-11H2,1H3,(H,24,25,26,28). The Labute approximate surface area is 172 Å². The Hall–Kier alpha value is -3.25. The highest BCUT2D eigenvalue weighted by atomic mass is 35.5. The molecule has 4 rings (SSSR count). The molecule has 1 amide bonds. The Morgan fingerprint density at radius 3 is 2.79 bits per heavy atom. The lowest BCUT2D eigenvalue weighted by Gasteiger charge is -2.23. The molecule has 0 spiro atoms. The van der Waals surface area contributed by atoms with E-state index < -0.39 is 0 Å². The van der Waals surface area contributed by atoms with E-state index in [1.165, 1.54) is 13.3 Å². The van der Waals surface area contributed by atoms with Gasteiger partial charge in [-0.05, 0) is 48.2 Å². The van der Waals surface area contributed by atoms with E-state index in [0.717, 1.165) is 5.56 Å². The molecule has 0 saturated carbocycles. The normalized spacial score (nSPS) is 15.5. The Bertz CT molecular complexity index is 1100. The summed E-state index contributed by atoms with van der Waals surface area (Å²) in [6, 6.07) is 14.3. The molecule has 0 aliphatic heterocycles. The third-order valence-electron chi connectivity index (χ3n) is 4.92. The number of nitrogens with zero attached hydrogens (tertiary/aromatic N) is 2. The fraction of sp³-hybridized carbons (Fsp3) is 0.182. The minimum atomic E-state index is -0.350. The fourth-order valence-electron chi connectivity index (χ4n) is 3.44. The van der Waals surface area contributed by atoms with Gasteiger partial charge in [0.15, 0.2) is 5.78 Å². The molecule has 1 unspecified atom stereocenters. The average molecular weight is 408 g/mol. The van der Waals surface area contributed by atoms with E-state index >= 15 is 0 Å². The molecule has 1 aromatic heterocycles. The molecule has 1 N–H and O–H groups in total. The lowest BCUT2D eigenvalue weighted by atomic mass is 9.82. The van der Waals surface area contributed by atoms with Gasteiger partial charge in [-0.1, -0.05) is 29.8 Å². The summed E-state index contributed by atoms with van der Waals surface area (Å²) >= 11 is 6.10. The smallest absolute Gasteiger partial charge is 0.258 e. The first-order valence-electron chi connectivity index (χ1n) is 9.13. The van der Waals surface area contributed by atoms with Crippen LogP contribution < -0.4 is 10.1 Å². The van der Waals surface area contributed by atoms with Gasteiger partial charge in [0.05, 0.1) is 18.4 Å². The van der Waals surface area contributed by atoms with Crippen LogP contribution in [0.3, 0.4) is 0 Å². The topological polar surface area (TPSA) is 81.2 Å². The van der Waals surface area contributed by atoms with Crippen LogP contribution in [0.5, 0.6) is 5.75 Å². The molecular weight excluding hydrogens is 390 g/mol. The number of hydrogen-bond donors (Lipinski definition) is 1. The number of Topliss-reactive ketones (excluding diaryl/α,β-unsaturated/α-hetero) is 1. The molecule has 6 nitrogen and oxygen atoms in total. The molecule has 1 aliphatic rings. The molecule has 2 aromatic carbocycles. The highest BCUT2D eigenvalue weighted by molar-refractivity contribution is 6.30. The summed E-state index contributed by atoms with van der Waals surface area (Å²) in [7, 11) is 1.54. The first-order chi connectivity index (χ1) is 14.0. The van der Waals surface area contributed by atoms with E-state index in [9.17, 15) is 9.59 Å². The maximum atomic E-state index is 12.6. The van der Waals surface area contributed by atoms with Gasteiger partial charge in [0.1, 0.15) is 5.75 Å². The van der Waals surface area contributed by atoms with Crippen molar-refractivity contribution in [2.75, 3.05) is 12.4 Å². The highest BCUT2D eigenvalue weighted by Crippen LogP contribution is 2.33. The number of nitrogens with one attached hydrogen (secondary N) is 1. The van der Waals surface area contributed by atoms with Gasteiger partial charge < -0.3 is 4.74 Å². The van der Waals surface area contributed by atoms with Gasteiger partial charge in [-0.2, -0.15) is 0 Å². The molecule has 0 radical (unpaired) electrons. The predicted molar refractivity (Wildman–Crippen MR) is 110 cm³/mol. The quantitative estimate of drug-likeness (QED) is 0.697. The van der Waals surface area contributed by atoms with Crippen molar-refractivity contribution in [3.05, 3.63) is 82.1 Å². The number of aromatic nitrogens is 2. The van der Waals surface area contributed by atoms with Gasteiger partial charge >= 0.3 is 0 Å². The molecule has 1 atom stereocenters. The maximum Gasteiger partial charge on any atom is 0.258 e. The zero-order valence-corrected chi connectivity index (χ0v) is 16.4. The van der Waals surface area contributed by atoms with Crippen molar-refractivity contribution in [1.82, 2.24) is 9.97 Å². The second-order valence-corrected chi connectivity index (χ2v) is 7.26. The Kier molecular flexibility index (Phi) is 5.27. The number of benzene rings is 2. The van der Waals surface area contributed by atoms with Crippen LogP contribution >= 0.6 is 11.6 Å². The molecule has 0 saturated heterocycles. The number of carbonyl (C=O) groups is 2. The lowest BCUT2D eigenvalue weighted by molar-refractivity contribution is 0.0962. The molecule has 0 bridgehead atoms. The second-order valence-electron chi connectivity index (χ2n) is 6.82. The zero-order valence-electron chi connectivity index (χ0n) is 15.7. The minimum absolute atomic E-state index is 0.00876. The van der Waals surface area contributed by atoms with Gasteiger partial charge in [0.2, 0.25) is 5.95 Å². The van der Waals surface area contributed by atoms with E-state index in [1.807, 2.05) is 18.2 Å². The third-order valence-corrected chi connectivity index (χ3v) is 5.15. The molecule has 7 heteroatoms. The summed E-state index contributed by atoms with van der Waals surface area (Å²) in [6.07, 6.45) is 2.44. The zero-order chi connectivity index (χ0) is 20.4. The molecule has 1 heterocycles. The van der Waals surface area contributed by atoms with E-state index in [-0.39, 0.29) is 23.6 Å². The first-order valence-corrected chi connectivity index (χ1v) is 9.51. The monoisotopic (exact) mass is 407 g/mol. The minimum Gasteiger partial charge on any atom is -0.497 e. The Morgan fingerprint density at radius 2 is 2.00 bits per heavy atom. The maximum absolute atomic E-state index is 12.6. The van der Waals surface area contributed by atoms with Crippen molar-refractivity contribution in [2.45, 2.75) is 18.8 Å². The number of fused-ring (bicyclic) bond motifs is 1. The first kappa shape index (κ1) is 19.1. The van der Waals surface area contributed by atoms with Crippen LogP contribution in [0.4, 0.5) is 5.95 Å². The number of methoxy groups -OCH3 is 1. The summed E-state index contributed by atoms with van der Waals surface area (Å²) in [5.74, 6) is 0.375. The molecule has 146 valence electrons. The van der Waals surface area contributed by atoms with Crippen LogP contribution in [0.15, 0.2) is 54.7 Å². The van der Waals surface area contributed by atoms with E-state index in [4.69, 9.17) is 16.3 Å². The number of hydrogen-bond acceptors (Lipinski definition) is 5. The van der Waals surface area contributed by atoms with Crippen molar-refractivity contribution in [1.29, 1.82) is 0 Å². The molecule has 3 aromatic rings. The predicted octanol–water partition coefficient (Wildman–Crippen LogP) is 4.30. The highest BCUT2D eigenvalue weighted by Gasteiger charge is 2.28. The summed E-state index contributed by atoms with van der Waals surface area (Å²) < 4.78 is 5.15. The molecule has 29 heavy (non-hydrogen) atoms. The van der Waals surface area contributed by atoms with Gasteiger partial charge in [-0.3, -0.25) is 14.9 Å². The van der Waals surface area contributed by atoms with E-state index in [1.54, 1.807) is 30.3 Å². The number of anilines is 1. The lowest BCUT2D eigenvalue weighted by Crippen LogP contribution is -2.22. The van der Waals surface area contributed by atoms with Gasteiger partial charge in [0.25, 0.3) is 5.91 Å². The fourth-order valence-corrected chi connectivity index (χ4v) is 3.64. The Morgan fingerprint density at radius 1 is 1.17 bits per heavy atom. The van der Waals surface area contributed by atoms with Crippen LogP contribution in [0.1, 0.15) is 44.3 Å². The number of halogens is 1. The van der Waals surface area contributed by atoms with Crippen LogP contribution in [0, 0.1) is 0 Å². The number of rotatable bonds is 4. The molecule has 1 aliphatic carbocycles. The number of ether oxygens (including phenoxy) is 1. The number of amides is 1. The average Bonchev–Trinajstić information content (AvgIpc) is 2.73. The SMILES string of the molecule is COc1cccc(C(=O)Nc2ncc3c(n2)CC(c2cccc(Cl)c2)CC3=O)c1. The van der Waals surface area contributed by atoms with Crippen LogP contribution in [0.2, 0.25) is 5.02 Å². The van der Waals surface area contributed by atoms with E-state index in [0.29, 0.717) is 40.4 Å². The van der Waals surface area contributed by atoms with Crippen molar-refractivity contribution < 1.29 is 14.3 Å². The van der Waals surface area contributed by atoms with Crippen LogP contribution in [0.25, 0.3) is 0 Å². The number of carbonyl (C=O) groups excluding carboxylic acids is 2. The Balaban J connectivity index is 1.57. The number of ketones is 1. The summed E-state index contributed by atoms with van der Waals surface area (Å²) in [4.78, 5) is 33.7. The van der Waals surface area contributed by atoms with Gasteiger partial charge in [0, 0.05) is 23.2 Å². The van der Waals surface area contributed by atoms with Crippen LogP contribution in [-0.2, 0) is 6.42 Å². The third kappa shape index (κ3) is 4.12. The van der Waals surface area contributed by atoms with Crippen molar-refractivity contribution >= 4 is 29.2 Å².